The molecule has 0 saturated heterocycles. The Labute approximate surface area is 393 Å². The largest absolute Gasteiger partial charge is 0.481 e. The van der Waals surface area contributed by atoms with Crippen molar-refractivity contribution in [3.8, 4) is 0 Å². The molecule has 64 heavy (non-hydrogen) atoms. The van der Waals surface area contributed by atoms with Crippen LogP contribution in [0.4, 0.5) is 0 Å². The second kappa shape index (κ2) is 49.4. The first kappa shape index (κ1) is 62.5. The number of unbranched alkanes of at least 4 members (excludes halogenated alkanes) is 36. The van der Waals surface area contributed by atoms with Gasteiger partial charge in [0.1, 0.15) is 0 Å². The van der Waals surface area contributed by atoms with Crippen molar-refractivity contribution in [1.29, 1.82) is 0 Å². The number of ether oxygens (including phenoxy) is 2. The maximum Gasteiger partial charge on any atom is 0.475 e. The van der Waals surface area contributed by atoms with E-state index in [9.17, 15) is 23.8 Å². The van der Waals surface area contributed by atoms with E-state index in [4.69, 9.17) is 23.6 Å². The van der Waals surface area contributed by atoms with Crippen LogP contribution in [0.2, 0.25) is 0 Å². The molecule has 11 nitrogen and oxygen atoms in total. The molecular weight excluding hydrogens is 830 g/mol. The molecule has 0 rings (SSSR count). The molecule has 12 heteroatoms. The Hall–Kier alpha value is -1.52. The van der Waals surface area contributed by atoms with Crippen LogP contribution in [0.15, 0.2) is 0 Å². The van der Waals surface area contributed by atoms with Gasteiger partial charge < -0.3 is 24.8 Å². The highest BCUT2D eigenvalue weighted by molar-refractivity contribution is 7.47. The highest BCUT2D eigenvalue weighted by Crippen LogP contribution is 2.44. The first-order valence-electron chi connectivity index (χ1n) is 27.1. The number of aliphatic carboxylic acids is 1. The van der Waals surface area contributed by atoms with Crippen molar-refractivity contribution in [1.82, 2.24) is 5.32 Å². The van der Waals surface area contributed by atoms with Crippen LogP contribution in [0.25, 0.3) is 0 Å². The third-order valence-corrected chi connectivity index (χ3v) is 13.2. The molecule has 0 aliphatic rings. The van der Waals surface area contributed by atoms with Gasteiger partial charge in [-0.15, -0.1) is 0 Å². The smallest absolute Gasteiger partial charge is 0.475 e. The van der Waals surface area contributed by atoms with Gasteiger partial charge in [-0.25, -0.2) is 9.09 Å². The van der Waals surface area contributed by atoms with Crippen molar-refractivity contribution in [3.05, 3.63) is 0 Å². The highest BCUT2D eigenvalue weighted by Gasteiger charge is 2.30. The lowest BCUT2D eigenvalue weighted by atomic mass is 10.0. The molecular formula is C52H102NO10P. The molecule has 0 aliphatic carbocycles. The number of nitrogens with one attached hydrogen (secondary N) is 1. The maximum absolute atomic E-state index is 12.9. The van der Waals surface area contributed by atoms with Gasteiger partial charge in [-0.05, 0) is 32.2 Å². The molecule has 0 amide bonds. The maximum atomic E-state index is 12.9. The van der Waals surface area contributed by atoms with Gasteiger partial charge in [0.25, 0.3) is 0 Å². The zero-order valence-electron chi connectivity index (χ0n) is 41.7. The topological polar surface area (TPSA) is 158 Å². The van der Waals surface area contributed by atoms with E-state index in [1.807, 2.05) is 0 Å². The van der Waals surface area contributed by atoms with E-state index in [0.717, 1.165) is 70.8 Å². The molecule has 2 atom stereocenters. The molecule has 380 valence electrons. The molecule has 3 N–H and O–H groups in total. The van der Waals surface area contributed by atoms with Gasteiger partial charge in [0.2, 0.25) is 6.29 Å². The van der Waals surface area contributed by atoms with E-state index in [1.54, 1.807) is 0 Å². The lowest BCUT2D eigenvalue weighted by molar-refractivity contribution is -0.180. The monoisotopic (exact) mass is 932 g/mol. The number of rotatable bonds is 53. The fourth-order valence-corrected chi connectivity index (χ4v) is 8.89. The average Bonchev–Trinajstić information content (AvgIpc) is 3.26. The van der Waals surface area contributed by atoms with Crippen molar-refractivity contribution in [3.63, 3.8) is 0 Å². The highest BCUT2D eigenvalue weighted by atomic mass is 31.2. The van der Waals surface area contributed by atoms with Crippen LogP contribution in [-0.2, 0) is 37.5 Å². The summed E-state index contributed by atoms with van der Waals surface area (Å²) in [4.78, 5) is 46.4. The Kier molecular flexibility index (Phi) is 48.2. The lowest BCUT2D eigenvalue weighted by Crippen LogP contribution is -2.28. The summed E-state index contributed by atoms with van der Waals surface area (Å²) in [5, 5.41) is 11.9. The van der Waals surface area contributed by atoms with Crippen molar-refractivity contribution in [2.75, 3.05) is 26.3 Å². The molecule has 0 aromatic heterocycles. The molecule has 0 spiro atoms. The fourth-order valence-electron chi connectivity index (χ4n) is 8.11. The zero-order valence-corrected chi connectivity index (χ0v) is 42.6. The summed E-state index contributed by atoms with van der Waals surface area (Å²) in [5.41, 5.74) is 0. The Morgan fingerprint density at radius 1 is 0.453 bits per heavy atom. The molecule has 0 heterocycles. The van der Waals surface area contributed by atoms with Crippen molar-refractivity contribution in [2.45, 2.75) is 290 Å². The number of hydrogen-bond acceptors (Lipinski definition) is 9. The molecule has 0 saturated carbocycles. The summed E-state index contributed by atoms with van der Waals surface area (Å²) in [6.45, 7) is 5.11. The number of hydrogen-bond donors (Lipinski definition) is 3. The van der Waals surface area contributed by atoms with Gasteiger partial charge in [0.15, 0.2) is 6.61 Å². The number of phosphoric ester groups is 1. The molecule has 2 unspecified atom stereocenters. The van der Waals surface area contributed by atoms with Gasteiger partial charge in [-0.3, -0.25) is 18.9 Å². The van der Waals surface area contributed by atoms with Crippen molar-refractivity contribution >= 4 is 25.7 Å². The van der Waals surface area contributed by atoms with Crippen molar-refractivity contribution < 1.29 is 47.5 Å². The number of phosphoric acid groups is 1. The minimum absolute atomic E-state index is 0.0609. The van der Waals surface area contributed by atoms with Crippen LogP contribution in [0.1, 0.15) is 284 Å². The quantitative estimate of drug-likeness (QED) is 0.0231. The number of carboxylic acid groups (broad SMARTS) is 1. The van der Waals surface area contributed by atoms with Crippen molar-refractivity contribution in [2.24, 2.45) is 0 Å². The van der Waals surface area contributed by atoms with Gasteiger partial charge in [-0.1, -0.05) is 239 Å². The summed E-state index contributed by atoms with van der Waals surface area (Å²) in [5.74, 6) is -1.70. The van der Waals surface area contributed by atoms with E-state index in [2.05, 4.69) is 19.2 Å². The van der Waals surface area contributed by atoms with Gasteiger partial charge >= 0.3 is 25.7 Å². The summed E-state index contributed by atoms with van der Waals surface area (Å²) in [7, 11) is -4.60. The predicted molar refractivity (Wildman–Crippen MR) is 263 cm³/mol. The van der Waals surface area contributed by atoms with E-state index < -0.39 is 38.6 Å². The Morgan fingerprint density at radius 2 is 0.781 bits per heavy atom. The molecule has 0 aliphatic heterocycles. The third-order valence-electron chi connectivity index (χ3n) is 12.1. The van der Waals surface area contributed by atoms with Crippen LogP contribution in [-0.4, -0.2) is 60.5 Å². The Balaban J connectivity index is 4.38. The van der Waals surface area contributed by atoms with Crippen LogP contribution < -0.4 is 5.32 Å². The zero-order chi connectivity index (χ0) is 46.9. The van der Waals surface area contributed by atoms with E-state index in [-0.39, 0.29) is 25.9 Å². The van der Waals surface area contributed by atoms with Crippen LogP contribution in [0, 0.1) is 0 Å². The van der Waals surface area contributed by atoms with E-state index >= 15 is 0 Å². The number of carboxylic acids is 1. The summed E-state index contributed by atoms with van der Waals surface area (Å²) in [6, 6.07) is 0. The molecule has 0 aromatic carbocycles. The summed E-state index contributed by atoms with van der Waals surface area (Å²) < 4.78 is 34.1. The van der Waals surface area contributed by atoms with Crippen LogP contribution in [0.5, 0.6) is 0 Å². The second-order valence-corrected chi connectivity index (χ2v) is 19.9. The number of esters is 2. The Bertz CT molecular complexity index is 1080. The molecule has 0 radical (unpaired) electrons. The van der Waals surface area contributed by atoms with Crippen LogP contribution >= 0.6 is 7.82 Å². The molecule has 0 fully saturated rings. The number of carbonyl (C=O) groups is 3. The van der Waals surface area contributed by atoms with E-state index in [1.165, 1.54) is 173 Å². The average molecular weight is 932 g/mol. The predicted octanol–water partition coefficient (Wildman–Crippen LogP) is 15.6. The lowest BCUT2D eigenvalue weighted by Gasteiger charge is -2.21. The van der Waals surface area contributed by atoms with Gasteiger partial charge in [0.05, 0.1) is 6.61 Å². The van der Waals surface area contributed by atoms with E-state index in [0.29, 0.717) is 19.4 Å². The minimum atomic E-state index is -4.60. The Morgan fingerprint density at radius 3 is 1.16 bits per heavy atom. The third kappa shape index (κ3) is 49.9. The fraction of sp³-hybridized carbons (Fsp3) is 0.942. The summed E-state index contributed by atoms with van der Waals surface area (Å²) >= 11 is 0. The normalized spacial score (nSPS) is 12.9. The van der Waals surface area contributed by atoms with Crippen LogP contribution in [0.3, 0.4) is 0 Å². The first-order valence-corrected chi connectivity index (χ1v) is 28.6. The second-order valence-electron chi connectivity index (χ2n) is 18.5. The number of carbonyl (C=O) groups excluding carboxylic acids is 2. The minimum Gasteiger partial charge on any atom is -0.481 e. The molecule has 0 bridgehead atoms. The van der Waals surface area contributed by atoms with Gasteiger partial charge in [-0.2, -0.15) is 0 Å². The molecule has 0 aromatic rings. The SMILES string of the molecule is CCCCCCCCCCCCCCCC(=O)OCC(OC(=O)CCCCCCCCCCCCCCC)OP(=O)(O)OCCNCCCCCCCCCCCCCCCC(=O)O. The van der Waals surface area contributed by atoms with Gasteiger partial charge in [0, 0.05) is 25.8 Å². The standard InChI is InChI=1S/C52H102NO10P/c1-3-5-7-9-11-13-15-18-23-27-31-35-39-43-50(56)60-48-52(62-51(57)44-40-36-32-28-24-19-16-14-12-10-8-6-4-2)63-64(58,59)61-47-46-53-45-41-37-33-29-25-21-17-20-22-26-30-34-38-42-49(54)55/h52-53H,3-48H2,1-2H3,(H,54,55)(H,58,59). The first-order chi connectivity index (χ1) is 31.2. The summed E-state index contributed by atoms with van der Waals surface area (Å²) in [6.07, 6.45) is 45.4.